The molecule has 178 valence electrons. The minimum atomic E-state index is 0.497. The monoisotopic (exact) mass is 464 g/mol. The Balaban J connectivity index is 1.40. The maximum atomic E-state index is 11.7. The standard InChI is InChI=1S/C32H32O3/c1-2-3-8-25-13-15-27(16-14-25)24-35-32-18-17-29(22-33)30(21-32)19-28-11-7-12-31(20-28)34-23-26-9-5-4-6-10-26/h4-7,9-18,20-22H,2-3,8,19,23-24H2,1H3. The zero-order valence-corrected chi connectivity index (χ0v) is 20.3. The van der Waals surface area contributed by atoms with E-state index in [4.69, 9.17) is 9.47 Å². The molecule has 0 radical (unpaired) electrons. The molecule has 4 aromatic carbocycles. The summed E-state index contributed by atoms with van der Waals surface area (Å²) in [4.78, 5) is 11.7. The van der Waals surface area contributed by atoms with Crippen molar-refractivity contribution in [2.24, 2.45) is 0 Å². The quantitative estimate of drug-likeness (QED) is 0.203. The molecule has 3 heteroatoms. The number of rotatable bonds is 12. The first-order chi connectivity index (χ1) is 17.2. The largest absolute Gasteiger partial charge is 0.489 e. The fourth-order valence-corrected chi connectivity index (χ4v) is 4.00. The highest BCUT2D eigenvalue weighted by atomic mass is 16.5. The second-order valence-electron chi connectivity index (χ2n) is 8.79. The van der Waals surface area contributed by atoms with Crippen molar-refractivity contribution in [3.8, 4) is 11.5 Å². The molecule has 0 atom stereocenters. The molecule has 4 aromatic rings. The van der Waals surface area contributed by atoms with Gasteiger partial charge in [-0.25, -0.2) is 0 Å². The summed E-state index contributed by atoms with van der Waals surface area (Å²) in [5, 5.41) is 0. The number of ether oxygens (including phenoxy) is 2. The van der Waals surface area contributed by atoms with Crippen LogP contribution in [0.15, 0.2) is 97.1 Å². The third-order valence-electron chi connectivity index (χ3n) is 6.03. The number of carbonyl (C=O) groups excluding carboxylic acids is 1. The number of aryl methyl sites for hydroxylation is 1. The average Bonchev–Trinajstić information content (AvgIpc) is 2.91. The second kappa shape index (κ2) is 12.6. The summed E-state index contributed by atoms with van der Waals surface area (Å²) in [7, 11) is 0. The molecule has 0 N–H and O–H groups in total. The van der Waals surface area contributed by atoms with Crippen LogP contribution in [-0.4, -0.2) is 6.29 Å². The van der Waals surface area contributed by atoms with Crippen LogP contribution in [0.3, 0.4) is 0 Å². The molecule has 4 rings (SSSR count). The Labute approximate surface area is 208 Å². The summed E-state index contributed by atoms with van der Waals surface area (Å²) in [5.74, 6) is 1.57. The van der Waals surface area contributed by atoms with Crippen LogP contribution in [0, 0.1) is 0 Å². The third-order valence-corrected chi connectivity index (χ3v) is 6.03. The second-order valence-corrected chi connectivity index (χ2v) is 8.79. The van der Waals surface area contributed by atoms with Gasteiger partial charge in [-0.15, -0.1) is 0 Å². The number of hydrogen-bond donors (Lipinski definition) is 0. The predicted octanol–water partition coefficient (Wildman–Crippen LogP) is 7.59. The molecule has 0 heterocycles. The maximum Gasteiger partial charge on any atom is 0.150 e. The van der Waals surface area contributed by atoms with Crippen molar-refractivity contribution in [1.82, 2.24) is 0 Å². The van der Waals surface area contributed by atoms with Crippen molar-refractivity contribution < 1.29 is 14.3 Å². The van der Waals surface area contributed by atoms with Gasteiger partial charge in [0.25, 0.3) is 0 Å². The van der Waals surface area contributed by atoms with Gasteiger partial charge in [0.2, 0.25) is 0 Å². The lowest BCUT2D eigenvalue weighted by molar-refractivity contribution is 0.112. The van der Waals surface area contributed by atoms with Gasteiger partial charge in [-0.2, -0.15) is 0 Å². The van der Waals surface area contributed by atoms with Crippen LogP contribution in [0.25, 0.3) is 0 Å². The van der Waals surface area contributed by atoms with Gasteiger partial charge in [-0.3, -0.25) is 4.79 Å². The lowest BCUT2D eigenvalue weighted by atomic mass is 10.00. The zero-order valence-electron chi connectivity index (χ0n) is 20.3. The molecule has 0 unspecified atom stereocenters. The van der Waals surface area contributed by atoms with Gasteiger partial charge in [-0.1, -0.05) is 80.1 Å². The first-order valence-electron chi connectivity index (χ1n) is 12.3. The molecular weight excluding hydrogens is 432 g/mol. The number of benzene rings is 4. The molecular formula is C32H32O3. The molecule has 0 aliphatic rings. The van der Waals surface area contributed by atoms with E-state index in [-0.39, 0.29) is 0 Å². The molecule has 0 aromatic heterocycles. The lowest BCUT2D eigenvalue weighted by Crippen LogP contribution is -2.00. The van der Waals surface area contributed by atoms with Gasteiger partial charge in [-0.05, 0) is 77.4 Å². The Kier molecular flexibility index (Phi) is 8.72. The van der Waals surface area contributed by atoms with E-state index < -0.39 is 0 Å². The van der Waals surface area contributed by atoms with Crippen LogP contribution < -0.4 is 9.47 Å². The Bertz CT molecular complexity index is 1210. The number of aldehydes is 1. The van der Waals surface area contributed by atoms with Gasteiger partial charge in [0.05, 0.1) is 0 Å². The van der Waals surface area contributed by atoms with Crippen LogP contribution in [0.2, 0.25) is 0 Å². The van der Waals surface area contributed by atoms with Crippen molar-refractivity contribution in [2.45, 2.75) is 45.8 Å². The third kappa shape index (κ3) is 7.31. The highest BCUT2D eigenvalue weighted by Crippen LogP contribution is 2.23. The first kappa shape index (κ1) is 24.3. The van der Waals surface area contributed by atoms with Crippen molar-refractivity contribution in [1.29, 1.82) is 0 Å². The lowest BCUT2D eigenvalue weighted by Gasteiger charge is -2.12. The fraction of sp³-hybridized carbons (Fsp3) is 0.219. The molecule has 0 bridgehead atoms. The smallest absolute Gasteiger partial charge is 0.150 e. The minimum Gasteiger partial charge on any atom is -0.489 e. The van der Waals surface area contributed by atoms with Gasteiger partial charge in [0, 0.05) is 5.56 Å². The molecule has 35 heavy (non-hydrogen) atoms. The summed E-state index contributed by atoms with van der Waals surface area (Å²) >= 11 is 0. The molecule has 0 fully saturated rings. The topological polar surface area (TPSA) is 35.5 Å². The molecule has 3 nitrogen and oxygen atoms in total. The number of hydrogen-bond acceptors (Lipinski definition) is 3. The molecule has 0 aliphatic heterocycles. The fourth-order valence-electron chi connectivity index (χ4n) is 4.00. The molecule has 0 aliphatic carbocycles. The zero-order chi connectivity index (χ0) is 24.3. The highest BCUT2D eigenvalue weighted by molar-refractivity contribution is 5.78. The van der Waals surface area contributed by atoms with Crippen LogP contribution >= 0.6 is 0 Å². The Morgan fingerprint density at radius 1 is 0.657 bits per heavy atom. The summed E-state index contributed by atoms with van der Waals surface area (Å²) in [6.07, 6.45) is 5.06. The SMILES string of the molecule is CCCCc1ccc(COc2ccc(C=O)c(Cc3cccc(OCc4ccccc4)c3)c2)cc1. The number of carbonyl (C=O) groups is 1. The summed E-state index contributed by atoms with van der Waals surface area (Å²) < 4.78 is 12.0. The first-order valence-corrected chi connectivity index (χ1v) is 12.3. The molecule has 0 spiro atoms. The van der Waals surface area contributed by atoms with E-state index in [9.17, 15) is 4.79 Å². The number of unbranched alkanes of at least 4 members (excludes halogenated alkanes) is 1. The summed E-state index contributed by atoms with van der Waals surface area (Å²) in [6.45, 7) is 3.23. The Morgan fingerprint density at radius 3 is 2.03 bits per heavy atom. The van der Waals surface area contributed by atoms with Crippen molar-refractivity contribution >= 4 is 6.29 Å². The van der Waals surface area contributed by atoms with Crippen molar-refractivity contribution in [2.75, 3.05) is 0 Å². The maximum absolute atomic E-state index is 11.7. The van der Waals surface area contributed by atoms with E-state index in [1.807, 2.05) is 66.7 Å². The predicted molar refractivity (Wildman–Crippen MR) is 141 cm³/mol. The van der Waals surface area contributed by atoms with E-state index in [0.29, 0.717) is 25.2 Å². The van der Waals surface area contributed by atoms with Crippen LogP contribution in [0.5, 0.6) is 11.5 Å². The van der Waals surface area contributed by atoms with E-state index in [1.165, 1.54) is 18.4 Å². The van der Waals surface area contributed by atoms with E-state index in [2.05, 4.69) is 37.3 Å². The average molecular weight is 465 g/mol. The molecule has 0 saturated heterocycles. The normalized spacial score (nSPS) is 10.7. The highest BCUT2D eigenvalue weighted by Gasteiger charge is 2.08. The van der Waals surface area contributed by atoms with E-state index in [0.717, 1.165) is 46.5 Å². The van der Waals surface area contributed by atoms with Crippen molar-refractivity contribution in [3.05, 3.63) is 130 Å². The summed E-state index contributed by atoms with van der Waals surface area (Å²) in [6, 6.07) is 32.4. The van der Waals surface area contributed by atoms with E-state index >= 15 is 0 Å². The van der Waals surface area contributed by atoms with Gasteiger partial charge in [0.1, 0.15) is 31.0 Å². The minimum absolute atomic E-state index is 0.497. The summed E-state index contributed by atoms with van der Waals surface area (Å²) in [5.41, 5.74) is 6.32. The van der Waals surface area contributed by atoms with Gasteiger partial charge < -0.3 is 9.47 Å². The van der Waals surface area contributed by atoms with Crippen LogP contribution in [-0.2, 0) is 26.1 Å². The molecule has 0 saturated carbocycles. The van der Waals surface area contributed by atoms with E-state index in [1.54, 1.807) is 0 Å². The van der Waals surface area contributed by atoms with Gasteiger partial charge in [0.15, 0.2) is 0 Å². The van der Waals surface area contributed by atoms with Crippen LogP contribution in [0.4, 0.5) is 0 Å². The molecule has 0 amide bonds. The van der Waals surface area contributed by atoms with Crippen LogP contribution in [0.1, 0.15) is 57.9 Å². The Morgan fingerprint density at radius 2 is 1.31 bits per heavy atom. The van der Waals surface area contributed by atoms with Crippen molar-refractivity contribution in [3.63, 3.8) is 0 Å². The van der Waals surface area contributed by atoms with Gasteiger partial charge >= 0.3 is 0 Å². The Hall–Kier alpha value is -3.85.